The van der Waals surface area contributed by atoms with Crippen LogP contribution in [0, 0.1) is 0 Å². The number of aliphatic hydroxyl groups is 1. The zero-order valence-corrected chi connectivity index (χ0v) is 7.69. The minimum absolute atomic E-state index is 0. The SMILES string of the molecule is C[C@@H](O)c1cccc(Cl)c1.Cl. The largest absolute Gasteiger partial charge is 0.389 e. The highest BCUT2D eigenvalue weighted by Crippen LogP contribution is 2.16. The molecule has 0 heterocycles. The van der Waals surface area contributed by atoms with Crippen LogP contribution in [0.1, 0.15) is 18.6 Å². The normalized spacial score (nSPS) is 11.9. The van der Waals surface area contributed by atoms with Crippen molar-refractivity contribution in [2.45, 2.75) is 13.0 Å². The average Bonchev–Trinajstić information content (AvgIpc) is 1.88. The van der Waals surface area contributed by atoms with Gasteiger partial charge in [-0.05, 0) is 24.6 Å². The van der Waals surface area contributed by atoms with E-state index in [0.717, 1.165) is 5.56 Å². The van der Waals surface area contributed by atoms with Crippen LogP contribution >= 0.6 is 24.0 Å². The summed E-state index contributed by atoms with van der Waals surface area (Å²) in [5.74, 6) is 0. The van der Waals surface area contributed by atoms with E-state index in [9.17, 15) is 0 Å². The predicted octanol–water partition coefficient (Wildman–Crippen LogP) is 2.82. The molecule has 0 aromatic heterocycles. The van der Waals surface area contributed by atoms with Crippen molar-refractivity contribution in [3.63, 3.8) is 0 Å². The van der Waals surface area contributed by atoms with Gasteiger partial charge >= 0.3 is 0 Å². The van der Waals surface area contributed by atoms with Crippen molar-refractivity contribution >= 4 is 24.0 Å². The fourth-order valence-electron chi connectivity index (χ4n) is 0.766. The van der Waals surface area contributed by atoms with Crippen LogP contribution in [0.2, 0.25) is 5.02 Å². The maximum atomic E-state index is 9.09. The minimum atomic E-state index is -0.432. The van der Waals surface area contributed by atoms with Gasteiger partial charge in [-0.1, -0.05) is 23.7 Å². The smallest absolute Gasteiger partial charge is 0.0762 e. The number of hydrogen-bond acceptors (Lipinski definition) is 1. The van der Waals surface area contributed by atoms with E-state index >= 15 is 0 Å². The molecule has 0 aliphatic carbocycles. The van der Waals surface area contributed by atoms with Crippen LogP contribution in [-0.2, 0) is 0 Å². The molecule has 0 saturated carbocycles. The molecule has 0 spiro atoms. The number of rotatable bonds is 1. The molecule has 1 rings (SSSR count). The molecule has 1 aromatic carbocycles. The van der Waals surface area contributed by atoms with Crippen molar-refractivity contribution in [1.82, 2.24) is 0 Å². The highest BCUT2D eigenvalue weighted by molar-refractivity contribution is 6.30. The van der Waals surface area contributed by atoms with Crippen LogP contribution in [0.4, 0.5) is 0 Å². The molecular weight excluding hydrogens is 183 g/mol. The molecule has 3 heteroatoms. The summed E-state index contributed by atoms with van der Waals surface area (Å²) in [4.78, 5) is 0. The zero-order chi connectivity index (χ0) is 7.56. The number of benzene rings is 1. The van der Waals surface area contributed by atoms with E-state index < -0.39 is 6.10 Å². The summed E-state index contributed by atoms with van der Waals surface area (Å²) >= 11 is 5.68. The fraction of sp³-hybridized carbons (Fsp3) is 0.250. The van der Waals surface area contributed by atoms with Crippen LogP contribution in [0.3, 0.4) is 0 Å². The lowest BCUT2D eigenvalue weighted by Gasteiger charge is -2.02. The zero-order valence-electron chi connectivity index (χ0n) is 6.12. The van der Waals surface area contributed by atoms with Crippen LogP contribution in [0.15, 0.2) is 24.3 Å². The molecule has 0 aliphatic heterocycles. The summed E-state index contributed by atoms with van der Waals surface area (Å²) in [5.41, 5.74) is 0.854. The van der Waals surface area contributed by atoms with Gasteiger partial charge in [-0.15, -0.1) is 12.4 Å². The predicted molar refractivity (Wildman–Crippen MR) is 49.3 cm³/mol. The Bertz CT molecular complexity index is 223. The topological polar surface area (TPSA) is 20.2 Å². The van der Waals surface area contributed by atoms with Crippen molar-refractivity contribution in [2.75, 3.05) is 0 Å². The van der Waals surface area contributed by atoms with E-state index in [4.69, 9.17) is 16.7 Å². The van der Waals surface area contributed by atoms with Crippen LogP contribution in [-0.4, -0.2) is 5.11 Å². The molecule has 1 N–H and O–H groups in total. The van der Waals surface area contributed by atoms with Crippen molar-refractivity contribution < 1.29 is 5.11 Å². The molecule has 0 aliphatic rings. The highest BCUT2D eigenvalue weighted by atomic mass is 35.5. The van der Waals surface area contributed by atoms with Crippen LogP contribution < -0.4 is 0 Å². The van der Waals surface area contributed by atoms with Gasteiger partial charge in [0.2, 0.25) is 0 Å². The Morgan fingerprint density at radius 1 is 1.45 bits per heavy atom. The Balaban J connectivity index is 0.000001000. The van der Waals surface area contributed by atoms with Gasteiger partial charge in [0.1, 0.15) is 0 Å². The molecule has 11 heavy (non-hydrogen) atoms. The molecule has 0 saturated heterocycles. The summed E-state index contributed by atoms with van der Waals surface area (Å²) in [6, 6.07) is 7.21. The summed E-state index contributed by atoms with van der Waals surface area (Å²) in [6.07, 6.45) is -0.432. The van der Waals surface area contributed by atoms with E-state index in [1.165, 1.54) is 0 Å². The van der Waals surface area contributed by atoms with Crippen LogP contribution in [0.25, 0.3) is 0 Å². The second-order valence-electron chi connectivity index (χ2n) is 2.23. The Kier molecular flexibility index (Phi) is 4.50. The number of halogens is 2. The van der Waals surface area contributed by atoms with E-state index in [-0.39, 0.29) is 12.4 Å². The Morgan fingerprint density at radius 3 is 2.45 bits per heavy atom. The molecule has 1 nitrogen and oxygen atoms in total. The first-order chi connectivity index (χ1) is 4.70. The molecule has 0 unspecified atom stereocenters. The third-order valence-electron chi connectivity index (χ3n) is 1.33. The molecule has 0 radical (unpaired) electrons. The van der Waals surface area contributed by atoms with Gasteiger partial charge in [0, 0.05) is 5.02 Å². The molecule has 1 atom stereocenters. The molecule has 0 fully saturated rings. The van der Waals surface area contributed by atoms with Gasteiger partial charge in [0.25, 0.3) is 0 Å². The Morgan fingerprint density at radius 2 is 2.09 bits per heavy atom. The van der Waals surface area contributed by atoms with E-state index in [2.05, 4.69) is 0 Å². The van der Waals surface area contributed by atoms with Crippen molar-refractivity contribution in [3.05, 3.63) is 34.9 Å². The Labute approximate surface area is 77.4 Å². The maximum absolute atomic E-state index is 9.09. The third-order valence-corrected chi connectivity index (χ3v) is 1.57. The number of aliphatic hydroxyl groups excluding tert-OH is 1. The van der Waals surface area contributed by atoms with Gasteiger partial charge in [-0.3, -0.25) is 0 Å². The first-order valence-corrected chi connectivity index (χ1v) is 3.51. The van der Waals surface area contributed by atoms with Gasteiger partial charge < -0.3 is 5.11 Å². The second-order valence-corrected chi connectivity index (χ2v) is 2.67. The molecule has 62 valence electrons. The van der Waals surface area contributed by atoms with Gasteiger partial charge in [0.05, 0.1) is 6.10 Å². The van der Waals surface area contributed by atoms with Gasteiger partial charge in [0.15, 0.2) is 0 Å². The standard InChI is InChI=1S/C8H9ClO.ClH/c1-6(10)7-3-2-4-8(9)5-7;/h2-6,10H,1H3;1H/t6-;/m1./s1. The minimum Gasteiger partial charge on any atom is -0.389 e. The summed E-state index contributed by atoms with van der Waals surface area (Å²) < 4.78 is 0. The molecule has 0 amide bonds. The lowest BCUT2D eigenvalue weighted by atomic mass is 10.1. The maximum Gasteiger partial charge on any atom is 0.0762 e. The summed E-state index contributed by atoms with van der Waals surface area (Å²) in [7, 11) is 0. The van der Waals surface area contributed by atoms with Crippen molar-refractivity contribution in [1.29, 1.82) is 0 Å². The lowest BCUT2D eigenvalue weighted by Crippen LogP contribution is -1.88. The molecule has 1 aromatic rings. The van der Waals surface area contributed by atoms with Gasteiger partial charge in [-0.2, -0.15) is 0 Å². The lowest BCUT2D eigenvalue weighted by molar-refractivity contribution is 0.199. The van der Waals surface area contributed by atoms with Gasteiger partial charge in [-0.25, -0.2) is 0 Å². The van der Waals surface area contributed by atoms with E-state index in [1.54, 1.807) is 19.1 Å². The van der Waals surface area contributed by atoms with Crippen molar-refractivity contribution in [2.24, 2.45) is 0 Å². The quantitative estimate of drug-likeness (QED) is 0.726. The van der Waals surface area contributed by atoms with Crippen molar-refractivity contribution in [3.8, 4) is 0 Å². The second kappa shape index (κ2) is 4.60. The van der Waals surface area contributed by atoms with Crippen LogP contribution in [0.5, 0.6) is 0 Å². The molecular formula is C8H10Cl2O. The first-order valence-electron chi connectivity index (χ1n) is 3.13. The first kappa shape index (κ1) is 10.8. The third kappa shape index (κ3) is 3.10. The van der Waals surface area contributed by atoms with E-state index in [1.807, 2.05) is 12.1 Å². The number of hydrogen-bond donors (Lipinski definition) is 1. The fourth-order valence-corrected chi connectivity index (χ4v) is 0.965. The molecule has 0 bridgehead atoms. The summed E-state index contributed by atoms with van der Waals surface area (Å²) in [6.45, 7) is 1.71. The van der Waals surface area contributed by atoms with E-state index in [0.29, 0.717) is 5.02 Å². The highest BCUT2D eigenvalue weighted by Gasteiger charge is 1.98. The summed E-state index contributed by atoms with van der Waals surface area (Å²) in [5, 5.41) is 9.75. The Hall–Kier alpha value is -0.240. The average molecular weight is 193 g/mol. The monoisotopic (exact) mass is 192 g/mol.